The number of carbonyl (C=O) groups is 1. The molecule has 1 fully saturated rings. The van der Waals surface area contributed by atoms with Crippen LogP contribution in [0, 0.1) is 0 Å². The van der Waals surface area contributed by atoms with E-state index >= 15 is 0 Å². The topological polar surface area (TPSA) is 57.0 Å². The van der Waals surface area contributed by atoms with Gasteiger partial charge in [-0.1, -0.05) is 0 Å². The first kappa shape index (κ1) is 9.18. The van der Waals surface area contributed by atoms with E-state index in [0.717, 1.165) is 12.8 Å². The summed E-state index contributed by atoms with van der Waals surface area (Å²) in [6.07, 6.45) is 4.23. The summed E-state index contributed by atoms with van der Waals surface area (Å²) in [5.41, 5.74) is 0. The van der Waals surface area contributed by atoms with Gasteiger partial charge in [0.05, 0.1) is 6.61 Å². The summed E-state index contributed by atoms with van der Waals surface area (Å²) in [5, 5.41) is 7.71. The lowest BCUT2D eigenvalue weighted by Crippen LogP contribution is -2.12. The lowest BCUT2D eigenvalue weighted by Gasteiger charge is -2.03. The fraction of sp³-hybridized carbons (Fsp3) is 0.667. The standard InChI is InChI=1S/C9H13N3O2/c1-2-14-9(13)5-8-11-10-6-12(8)7-3-4-7/h6-7H,2-5H2,1H3. The van der Waals surface area contributed by atoms with E-state index < -0.39 is 0 Å². The maximum absolute atomic E-state index is 11.2. The highest BCUT2D eigenvalue weighted by Gasteiger charge is 2.26. The summed E-state index contributed by atoms with van der Waals surface area (Å²) in [5.74, 6) is 0.480. The Morgan fingerprint density at radius 1 is 1.71 bits per heavy atom. The minimum absolute atomic E-state index is 0.227. The molecule has 1 aliphatic rings. The molecule has 5 heteroatoms. The fourth-order valence-electron chi connectivity index (χ4n) is 1.39. The second kappa shape index (κ2) is 3.77. The van der Waals surface area contributed by atoms with Gasteiger partial charge in [-0.2, -0.15) is 0 Å². The van der Waals surface area contributed by atoms with E-state index in [1.807, 2.05) is 4.57 Å². The van der Waals surface area contributed by atoms with E-state index in [2.05, 4.69) is 10.2 Å². The summed E-state index contributed by atoms with van der Waals surface area (Å²) in [6.45, 7) is 2.21. The van der Waals surface area contributed by atoms with E-state index in [-0.39, 0.29) is 12.4 Å². The maximum Gasteiger partial charge on any atom is 0.313 e. The van der Waals surface area contributed by atoms with Gasteiger partial charge in [0, 0.05) is 6.04 Å². The first-order valence-electron chi connectivity index (χ1n) is 4.85. The summed E-state index contributed by atoms with van der Waals surface area (Å²) in [7, 11) is 0. The summed E-state index contributed by atoms with van der Waals surface area (Å²) < 4.78 is 6.82. The highest BCUT2D eigenvalue weighted by atomic mass is 16.5. The third-order valence-corrected chi connectivity index (χ3v) is 2.20. The molecule has 1 heterocycles. The molecule has 0 aliphatic heterocycles. The maximum atomic E-state index is 11.2. The Morgan fingerprint density at radius 3 is 3.14 bits per heavy atom. The highest BCUT2D eigenvalue weighted by Crippen LogP contribution is 2.35. The van der Waals surface area contributed by atoms with Crippen LogP contribution >= 0.6 is 0 Å². The summed E-state index contributed by atoms with van der Waals surface area (Å²) >= 11 is 0. The van der Waals surface area contributed by atoms with Crippen molar-refractivity contribution in [2.75, 3.05) is 6.61 Å². The van der Waals surface area contributed by atoms with Crippen LogP contribution in [0.4, 0.5) is 0 Å². The molecule has 1 aromatic rings. The Balaban J connectivity index is 2.01. The summed E-state index contributed by atoms with van der Waals surface area (Å²) in [4.78, 5) is 11.2. The fourth-order valence-corrected chi connectivity index (χ4v) is 1.39. The predicted molar refractivity (Wildman–Crippen MR) is 48.6 cm³/mol. The number of carbonyl (C=O) groups excluding carboxylic acids is 1. The molecule has 14 heavy (non-hydrogen) atoms. The van der Waals surface area contributed by atoms with Crippen molar-refractivity contribution in [2.24, 2.45) is 0 Å². The molecule has 0 atom stereocenters. The van der Waals surface area contributed by atoms with Crippen LogP contribution in [0.5, 0.6) is 0 Å². The van der Waals surface area contributed by atoms with Gasteiger partial charge in [-0.05, 0) is 19.8 Å². The summed E-state index contributed by atoms with van der Waals surface area (Å²) in [6, 6.07) is 0.509. The average molecular weight is 195 g/mol. The number of rotatable bonds is 4. The van der Waals surface area contributed by atoms with E-state index in [4.69, 9.17) is 4.74 Å². The third kappa shape index (κ3) is 1.92. The van der Waals surface area contributed by atoms with Crippen LogP contribution in [0.25, 0.3) is 0 Å². The van der Waals surface area contributed by atoms with E-state index in [9.17, 15) is 4.79 Å². The Morgan fingerprint density at radius 2 is 2.50 bits per heavy atom. The van der Waals surface area contributed by atoms with Gasteiger partial charge in [-0.3, -0.25) is 4.79 Å². The number of ether oxygens (including phenoxy) is 1. The lowest BCUT2D eigenvalue weighted by molar-refractivity contribution is -0.142. The lowest BCUT2D eigenvalue weighted by atomic mass is 10.4. The van der Waals surface area contributed by atoms with Gasteiger partial charge in [-0.15, -0.1) is 10.2 Å². The van der Waals surface area contributed by atoms with Gasteiger partial charge in [0.25, 0.3) is 0 Å². The molecule has 5 nitrogen and oxygen atoms in total. The Labute approximate surface area is 82.1 Å². The zero-order valence-corrected chi connectivity index (χ0v) is 8.14. The molecular formula is C9H13N3O2. The SMILES string of the molecule is CCOC(=O)Cc1nncn1C1CC1. The largest absolute Gasteiger partial charge is 0.466 e. The first-order valence-corrected chi connectivity index (χ1v) is 4.85. The normalized spacial score (nSPS) is 15.5. The zero-order valence-electron chi connectivity index (χ0n) is 8.14. The molecule has 1 saturated carbocycles. The molecule has 1 aromatic heterocycles. The highest BCUT2D eigenvalue weighted by molar-refractivity contribution is 5.71. The molecule has 2 rings (SSSR count). The monoisotopic (exact) mass is 195 g/mol. The Kier molecular flexibility index (Phi) is 2.47. The minimum Gasteiger partial charge on any atom is -0.466 e. The molecule has 0 spiro atoms. The average Bonchev–Trinajstić information content (AvgIpc) is 2.89. The van der Waals surface area contributed by atoms with Crippen LogP contribution < -0.4 is 0 Å². The van der Waals surface area contributed by atoms with Crippen molar-refractivity contribution >= 4 is 5.97 Å². The van der Waals surface area contributed by atoms with Crippen molar-refractivity contribution in [1.82, 2.24) is 14.8 Å². The van der Waals surface area contributed by atoms with Crippen LogP contribution in [0.1, 0.15) is 31.6 Å². The Hall–Kier alpha value is -1.39. The Bertz CT molecular complexity index is 331. The molecule has 76 valence electrons. The van der Waals surface area contributed by atoms with Crippen LogP contribution in [-0.4, -0.2) is 27.3 Å². The number of hydrogen-bond donors (Lipinski definition) is 0. The smallest absolute Gasteiger partial charge is 0.313 e. The number of aromatic nitrogens is 3. The molecule has 0 aromatic carbocycles. The molecular weight excluding hydrogens is 182 g/mol. The van der Waals surface area contributed by atoms with Crippen LogP contribution in [0.3, 0.4) is 0 Å². The zero-order chi connectivity index (χ0) is 9.97. The van der Waals surface area contributed by atoms with Gasteiger partial charge >= 0.3 is 5.97 Å². The van der Waals surface area contributed by atoms with Gasteiger partial charge in [0.1, 0.15) is 18.6 Å². The predicted octanol–water partition coefficient (Wildman–Crippen LogP) is 0.719. The van der Waals surface area contributed by atoms with Crippen molar-refractivity contribution in [3.63, 3.8) is 0 Å². The van der Waals surface area contributed by atoms with Gasteiger partial charge in [0.15, 0.2) is 0 Å². The van der Waals surface area contributed by atoms with E-state index in [1.165, 1.54) is 0 Å². The van der Waals surface area contributed by atoms with Crippen molar-refractivity contribution in [3.8, 4) is 0 Å². The van der Waals surface area contributed by atoms with Gasteiger partial charge in [0.2, 0.25) is 0 Å². The number of esters is 1. The van der Waals surface area contributed by atoms with Crippen molar-refractivity contribution in [2.45, 2.75) is 32.2 Å². The molecule has 1 aliphatic carbocycles. The van der Waals surface area contributed by atoms with E-state index in [0.29, 0.717) is 18.5 Å². The van der Waals surface area contributed by atoms with Crippen molar-refractivity contribution in [1.29, 1.82) is 0 Å². The van der Waals surface area contributed by atoms with Crippen molar-refractivity contribution in [3.05, 3.63) is 12.2 Å². The van der Waals surface area contributed by atoms with E-state index in [1.54, 1.807) is 13.3 Å². The minimum atomic E-state index is -0.234. The van der Waals surface area contributed by atoms with Crippen LogP contribution in [0.2, 0.25) is 0 Å². The number of hydrogen-bond acceptors (Lipinski definition) is 4. The molecule has 0 N–H and O–H groups in total. The van der Waals surface area contributed by atoms with Crippen LogP contribution in [-0.2, 0) is 16.0 Å². The first-order chi connectivity index (χ1) is 6.81. The molecule has 0 saturated heterocycles. The second-order valence-electron chi connectivity index (χ2n) is 3.37. The molecule has 0 radical (unpaired) electrons. The number of nitrogens with zero attached hydrogens (tertiary/aromatic N) is 3. The van der Waals surface area contributed by atoms with Crippen molar-refractivity contribution < 1.29 is 9.53 Å². The molecule has 0 unspecified atom stereocenters. The second-order valence-corrected chi connectivity index (χ2v) is 3.37. The van der Waals surface area contributed by atoms with Gasteiger partial charge in [-0.25, -0.2) is 0 Å². The van der Waals surface area contributed by atoms with Crippen LogP contribution in [0.15, 0.2) is 6.33 Å². The third-order valence-electron chi connectivity index (χ3n) is 2.20. The molecule has 0 amide bonds. The van der Waals surface area contributed by atoms with Gasteiger partial charge < -0.3 is 9.30 Å². The quantitative estimate of drug-likeness (QED) is 0.664. The molecule has 0 bridgehead atoms.